The van der Waals surface area contributed by atoms with Crippen LogP contribution in [-0.2, 0) is 13.1 Å². The molecule has 0 amide bonds. The van der Waals surface area contributed by atoms with Crippen LogP contribution in [0.1, 0.15) is 11.4 Å². The predicted molar refractivity (Wildman–Crippen MR) is 131 cm³/mol. The molecule has 0 atom stereocenters. The van der Waals surface area contributed by atoms with Crippen LogP contribution in [0.15, 0.2) is 91.3 Å². The normalized spacial score (nSPS) is 10.9. The third kappa shape index (κ3) is 4.83. The van der Waals surface area contributed by atoms with Gasteiger partial charge in [0, 0.05) is 23.5 Å². The standard InChI is InChI=1S/C27H25N5O2/c1-33-24-10-6-20(7-11-24)26-14-16-31(29-26)18-22-4-3-5-23(28-22)19-32-17-15-27(30-32)21-8-12-25(34-2)13-9-21/h3-17H,18-19H2,1-2H3. The number of hydrogen-bond acceptors (Lipinski definition) is 5. The van der Waals surface area contributed by atoms with E-state index in [-0.39, 0.29) is 0 Å². The number of methoxy groups -OCH3 is 2. The van der Waals surface area contributed by atoms with E-state index in [0.717, 1.165) is 45.4 Å². The van der Waals surface area contributed by atoms with E-state index in [9.17, 15) is 0 Å². The van der Waals surface area contributed by atoms with Crippen molar-refractivity contribution in [2.24, 2.45) is 0 Å². The first-order valence-corrected chi connectivity index (χ1v) is 11.0. The van der Waals surface area contributed by atoms with Gasteiger partial charge in [-0.15, -0.1) is 0 Å². The molecule has 0 saturated carbocycles. The van der Waals surface area contributed by atoms with E-state index in [1.165, 1.54) is 0 Å². The Bertz CT molecular complexity index is 1270. The molecule has 0 spiro atoms. The fourth-order valence-corrected chi connectivity index (χ4v) is 3.77. The molecule has 0 aliphatic carbocycles. The zero-order valence-corrected chi connectivity index (χ0v) is 19.1. The Morgan fingerprint density at radius 1 is 0.588 bits per heavy atom. The van der Waals surface area contributed by atoms with Crippen molar-refractivity contribution in [2.75, 3.05) is 14.2 Å². The highest BCUT2D eigenvalue weighted by Crippen LogP contribution is 2.22. The summed E-state index contributed by atoms with van der Waals surface area (Å²) in [5.74, 6) is 1.66. The molecule has 7 nitrogen and oxygen atoms in total. The van der Waals surface area contributed by atoms with Crippen LogP contribution in [0.5, 0.6) is 11.5 Å². The predicted octanol–water partition coefficient (Wildman–Crippen LogP) is 4.92. The lowest BCUT2D eigenvalue weighted by molar-refractivity contribution is 0.415. The van der Waals surface area contributed by atoms with Crippen LogP contribution in [0.3, 0.4) is 0 Å². The van der Waals surface area contributed by atoms with Crippen molar-refractivity contribution < 1.29 is 9.47 Å². The quantitative estimate of drug-likeness (QED) is 0.335. The molecule has 0 fully saturated rings. The first-order chi connectivity index (χ1) is 16.7. The van der Waals surface area contributed by atoms with Crippen molar-refractivity contribution in [1.29, 1.82) is 0 Å². The topological polar surface area (TPSA) is 67.0 Å². The van der Waals surface area contributed by atoms with E-state index < -0.39 is 0 Å². The number of pyridine rings is 1. The molecule has 0 aliphatic heterocycles. The second-order valence-corrected chi connectivity index (χ2v) is 7.87. The van der Waals surface area contributed by atoms with Crippen LogP contribution in [-0.4, -0.2) is 38.8 Å². The van der Waals surface area contributed by atoms with Crippen molar-refractivity contribution in [2.45, 2.75) is 13.1 Å². The molecule has 170 valence electrons. The second-order valence-electron chi connectivity index (χ2n) is 7.87. The molecule has 0 unspecified atom stereocenters. The van der Waals surface area contributed by atoms with Crippen molar-refractivity contribution in [1.82, 2.24) is 24.5 Å². The summed E-state index contributed by atoms with van der Waals surface area (Å²) < 4.78 is 14.3. The van der Waals surface area contributed by atoms with E-state index in [0.29, 0.717) is 13.1 Å². The molecule has 5 aromatic rings. The molecule has 0 aliphatic rings. The molecule has 3 heterocycles. The lowest BCUT2D eigenvalue weighted by Crippen LogP contribution is -2.07. The van der Waals surface area contributed by atoms with Crippen LogP contribution in [0.25, 0.3) is 22.5 Å². The smallest absolute Gasteiger partial charge is 0.118 e. The molecule has 0 bridgehead atoms. The van der Waals surface area contributed by atoms with Crippen molar-refractivity contribution in [3.05, 3.63) is 103 Å². The summed E-state index contributed by atoms with van der Waals surface area (Å²) in [6.07, 6.45) is 3.95. The SMILES string of the molecule is COc1ccc(-c2ccn(Cc3cccc(Cn4ccc(-c5ccc(OC)cc5)n4)n3)n2)cc1. The molecular formula is C27H25N5O2. The third-order valence-electron chi connectivity index (χ3n) is 5.57. The van der Waals surface area contributed by atoms with E-state index in [4.69, 9.17) is 24.7 Å². The van der Waals surface area contributed by atoms with Gasteiger partial charge < -0.3 is 9.47 Å². The van der Waals surface area contributed by atoms with Gasteiger partial charge in [-0.05, 0) is 72.8 Å². The number of ether oxygens (including phenoxy) is 2. The number of rotatable bonds is 8. The Balaban J connectivity index is 1.26. The molecule has 0 N–H and O–H groups in total. The van der Waals surface area contributed by atoms with Crippen molar-refractivity contribution >= 4 is 0 Å². The average molecular weight is 452 g/mol. The van der Waals surface area contributed by atoms with Gasteiger partial charge in [0.2, 0.25) is 0 Å². The molecule has 7 heteroatoms. The maximum Gasteiger partial charge on any atom is 0.118 e. The number of hydrogen-bond donors (Lipinski definition) is 0. The van der Waals surface area contributed by atoms with E-state index in [1.54, 1.807) is 14.2 Å². The summed E-state index contributed by atoms with van der Waals surface area (Å²) in [7, 11) is 3.33. The van der Waals surface area contributed by atoms with Gasteiger partial charge in [0.05, 0.1) is 50.1 Å². The lowest BCUT2D eigenvalue weighted by atomic mass is 10.1. The molecule has 5 rings (SSSR count). The summed E-state index contributed by atoms with van der Waals surface area (Å²) in [5.41, 5.74) is 5.83. The number of nitrogens with zero attached hydrogens (tertiary/aromatic N) is 5. The van der Waals surface area contributed by atoms with Crippen LogP contribution >= 0.6 is 0 Å². The van der Waals surface area contributed by atoms with Gasteiger partial charge in [-0.1, -0.05) is 6.07 Å². The summed E-state index contributed by atoms with van der Waals surface area (Å²) in [4.78, 5) is 4.82. The molecule has 0 radical (unpaired) electrons. The molecule has 0 saturated heterocycles. The minimum Gasteiger partial charge on any atom is -0.497 e. The lowest BCUT2D eigenvalue weighted by Gasteiger charge is -2.06. The average Bonchev–Trinajstić information content (AvgIpc) is 3.54. The van der Waals surface area contributed by atoms with Crippen LogP contribution in [0, 0.1) is 0 Å². The molecule has 3 aromatic heterocycles. The Morgan fingerprint density at radius 2 is 1.03 bits per heavy atom. The van der Waals surface area contributed by atoms with E-state index >= 15 is 0 Å². The Hall–Kier alpha value is -4.39. The van der Waals surface area contributed by atoms with Gasteiger partial charge in [-0.25, -0.2) is 0 Å². The minimum atomic E-state index is 0.597. The maximum absolute atomic E-state index is 5.23. The van der Waals surface area contributed by atoms with Gasteiger partial charge in [0.1, 0.15) is 11.5 Å². The zero-order chi connectivity index (χ0) is 23.3. The summed E-state index contributed by atoms with van der Waals surface area (Å²) in [6.45, 7) is 1.19. The largest absolute Gasteiger partial charge is 0.497 e. The summed E-state index contributed by atoms with van der Waals surface area (Å²) in [5, 5.41) is 9.41. The zero-order valence-electron chi connectivity index (χ0n) is 19.1. The van der Waals surface area contributed by atoms with Gasteiger partial charge in [0.25, 0.3) is 0 Å². The van der Waals surface area contributed by atoms with E-state index in [2.05, 4.69) is 0 Å². The van der Waals surface area contributed by atoms with Gasteiger partial charge in [-0.3, -0.25) is 14.3 Å². The highest BCUT2D eigenvalue weighted by molar-refractivity contribution is 5.60. The monoisotopic (exact) mass is 451 g/mol. The minimum absolute atomic E-state index is 0.597. The van der Waals surface area contributed by atoms with Gasteiger partial charge in [0.15, 0.2) is 0 Å². The Labute approximate surface area is 198 Å². The van der Waals surface area contributed by atoms with Crippen LogP contribution < -0.4 is 9.47 Å². The summed E-state index contributed by atoms with van der Waals surface area (Å²) in [6, 6.07) is 25.9. The Morgan fingerprint density at radius 3 is 1.44 bits per heavy atom. The van der Waals surface area contributed by atoms with Crippen LogP contribution in [0.4, 0.5) is 0 Å². The highest BCUT2D eigenvalue weighted by atomic mass is 16.5. The summed E-state index contributed by atoms with van der Waals surface area (Å²) >= 11 is 0. The third-order valence-corrected chi connectivity index (χ3v) is 5.57. The second kappa shape index (κ2) is 9.62. The Kier molecular flexibility index (Phi) is 6.07. The first kappa shape index (κ1) is 21.5. The number of benzene rings is 2. The molecular weight excluding hydrogens is 426 g/mol. The highest BCUT2D eigenvalue weighted by Gasteiger charge is 2.07. The van der Waals surface area contributed by atoms with Crippen molar-refractivity contribution in [3.8, 4) is 34.0 Å². The fourth-order valence-electron chi connectivity index (χ4n) is 3.77. The maximum atomic E-state index is 5.23. The van der Waals surface area contributed by atoms with Gasteiger partial charge in [-0.2, -0.15) is 10.2 Å². The first-order valence-electron chi connectivity index (χ1n) is 11.0. The van der Waals surface area contributed by atoms with Crippen molar-refractivity contribution in [3.63, 3.8) is 0 Å². The van der Waals surface area contributed by atoms with Crippen LogP contribution in [0.2, 0.25) is 0 Å². The number of aromatic nitrogens is 5. The van der Waals surface area contributed by atoms with E-state index in [1.807, 2.05) is 101 Å². The molecule has 34 heavy (non-hydrogen) atoms. The molecule has 2 aromatic carbocycles. The fraction of sp³-hybridized carbons (Fsp3) is 0.148. The van der Waals surface area contributed by atoms with Gasteiger partial charge >= 0.3 is 0 Å².